The maximum atomic E-state index is 15.0. The van der Waals surface area contributed by atoms with Crippen LogP contribution in [0.4, 0.5) is 0 Å². The molecule has 7 atom stereocenters. The van der Waals surface area contributed by atoms with E-state index in [4.69, 9.17) is 14.5 Å². The number of carbonyl (C=O) groups excluding carboxylic acids is 3. The molecule has 57 heavy (non-hydrogen) atoms. The second-order valence-electron chi connectivity index (χ2n) is 16.2. The molecule has 2 aliphatic rings. The number of piperidine rings is 1. The number of amides is 3. The number of aromatic nitrogens is 1. The number of likely N-dealkylation sites (tertiary alicyclic amines) is 1. The van der Waals surface area contributed by atoms with E-state index >= 15 is 0 Å². The van der Waals surface area contributed by atoms with Crippen LogP contribution in [-0.2, 0) is 36.8 Å². The summed E-state index contributed by atoms with van der Waals surface area (Å²) in [6.07, 6.45) is 4.04. The standard InChI is InChI=1S/C44H61N5O7S/c1-8-29(5)39(47-41(51)36-16-12-13-19-48(36)6)43(52)49(24-30-14-10-9-11-15-30)37(27(2)3)23-38(56-26-55-7)42-46-35(25-57-42)40(50)45-32-21-31-18-17-28(4)20-33(31)34(22-32)44(53)54/h9-11,14-15,17-18,20,25,27,29,32,34,36-39H,8,12-13,16,19,21-24,26H2,1-7H3,(H,45,50)(H,47,51)(H,53,54)/t29?,32-,34+,36?,37+,38+,39?/m0/s1. The molecule has 3 aromatic rings. The third kappa shape index (κ3) is 11.3. The van der Waals surface area contributed by atoms with Gasteiger partial charge in [-0.1, -0.05) is 94.6 Å². The molecule has 13 heteroatoms. The first-order chi connectivity index (χ1) is 27.3. The number of rotatable bonds is 18. The van der Waals surface area contributed by atoms with Crippen LogP contribution in [0.15, 0.2) is 53.9 Å². The topological polar surface area (TPSA) is 150 Å². The highest BCUT2D eigenvalue weighted by Crippen LogP contribution is 2.35. The van der Waals surface area contributed by atoms with E-state index in [9.17, 15) is 24.3 Å². The smallest absolute Gasteiger partial charge is 0.311 e. The number of carboxylic acids is 1. The molecule has 0 spiro atoms. The Morgan fingerprint density at radius 3 is 2.51 bits per heavy atom. The average Bonchev–Trinajstić information content (AvgIpc) is 3.69. The van der Waals surface area contributed by atoms with E-state index in [1.807, 2.05) is 81.2 Å². The van der Waals surface area contributed by atoms with Gasteiger partial charge in [0.1, 0.15) is 29.6 Å². The lowest BCUT2D eigenvalue weighted by Crippen LogP contribution is -2.58. The number of hydrogen-bond acceptors (Lipinski definition) is 9. The predicted molar refractivity (Wildman–Crippen MR) is 221 cm³/mol. The number of carbonyl (C=O) groups is 4. The maximum absolute atomic E-state index is 15.0. The van der Waals surface area contributed by atoms with Crippen LogP contribution in [0, 0.1) is 18.8 Å². The van der Waals surface area contributed by atoms with Crippen molar-refractivity contribution in [2.45, 2.75) is 122 Å². The van der Waals surface area contributed by atoms with E-state index in [2.05, 4.69) is 29.4 Å². The summed E-state index contributed by atoms with van der Waals surface area (Å²) in [4.78, 5) is 63.4. The molecule has 1 aromatic heterocycles. The molecule has 5 rings (SSSR count). The number of nitrogens with one attached hydrogen (secondary N) is 2. The second kappa shape index (κ2) is 20.5. The van der Waals surface area contributed by atoms with Crippen LogP contribution in [0.5, 0.6) is 0 Å². The highest BCUT2D eigenvalue weighted by atomic mass is 32.1. The van der Waals surface area contributed by atoms with Crippen molar-refractivity contribution < 1.29 is 33.8 Å². The molecule has 1 aliphatic heterocycles. The highest BCUT2D eigenvalue weighted by Gasteiger charge is 2.39. The number of methoxy groups -OCH3 is 1. The number of aliphatic carboxylic acids is 1. The first kappa shape index (κ1) is 43.9. The highest BCUT2D eigenvalue weighted by molar-refractivity contribution is 7.09. The molecule has 2 aromatic carbocycles. The van der Waals surface area contributed by atoms with Crippen molar-refractivity contribution in [2.24, 2.45) is 11.8 Å². The van der Waals surface area contributed by atoms with E-state index < -0.39 is 24.0 Å². The van der Waals surface area contributed by atoms with Crippen LogP contribution in [0.1, 0.15) is 116 Å². The largest absolute Gasteiger partial charge is 0.481 e. The van der Waals surface area contributed by atoms with Crippen molar-refractivity contribution in [1.82, 2.24) is 25.4 Å². The summed E-state index contributed by atoms with van der Waals surface area (Å²) in [5.41, 5.74) is 3.90. The molecule has 3 amide bonds. The van der Waals surface area contributed by atoms with Gasteiger partial charge >= 0.3 is 5.97 Å². The predicted octanol–water partition coefficient (Wildman–Crippen LogP) is 6.48. The van der Waals surface area contributed by atoms with Gasteiger partial charge in [0, 0.05) is 37.5 Å². The second-order valence-corrected chi connectivity index (χ2v) is 17.1. The minimum absolute atomic E-state index is 0.0213. The Morgan fingerprint density at radius 2 is 1.84 bits per heavy atom. The normalized spacial score (nSPS) is 20.5. The lowest BCUT2D eigenvalue weighted by atomic mass is 9.79. The van der Waals surface area contributed by atoms with Crippen LogP contribution in [-0.4, -0.2) is 95.2 Å². The molecular weight excluding hydrogens is 743 g/mol. The molecule has 3 N–H and O–H groups in total. The fourth-order valence-electron chi connectivity index (χ4n) is 8.15. The first-order valence-corrected chi connectivity index (χ1v) is 21.2. The minimum Gasteiger partial charge on any atom is -0.481 e. The number of fused-ring (bicyclic) bond motifs is 1. The van der Waals surface area contributed by atoms with Crippen LogP contribution in [0.2, 0.25) is 0 Å². The Bertz CT molecular complexity index is 1820. The number of hydrogen-bond donors (Lipinski definition) is 3. The van der Waals surface area contributed by atoms with Gasteiger partial charge in [0.05, 0.1) is 12.0 Å². The fourth-order valence-corrected chi connectivity index (χ4v) is 9.01. The maximum Gasteiger partial charge on any atom is 0.311 e. The van der Waals surface area contributed by atoms with Gasteiger partial charge in [-0.15, -0.1) is 11.3 Å². The average molecular weight is 804 g/mol. The van der Waals surface area contributed by atoms with E-state index in [0.717, 1.165) is 48.1 Å². The van der Waals surface area contributed by atoms with E-state index in [-0.39, 0.29) is 66.6 Å². The fraction of sp³-hybridized carbons (Fsp3) is 0.568. The lowest BCUT2D eigenvalue weighted by molar-refractivity contribution is -0.144. The summed E-state index contributed by atoms with van der Waals surface area (Å²) in [5.74, 6) is -2.41. The number of carboxylic acid groups (broad SMARTS) is 1. The third-order valence-corrected chi connectivity index (χ3v) is 12.6. The molecule has 1 fully saturated rings. The molecule has 0 bridgehead atoms. The van der Waals surface area contributed by atoms with E-state index in [1.165, 1.54) is 11.3 Å². The molecule has 3 unspecified atom stereocenters. The van der Waals surface area contributed by atoms with Crippen molar-refractivity contribution in [3.63, 3.8) is 0 Å². The van der Waals surface area contributed by atoms with Gasteiger partial charge in [-0.05, 0) is 74.7 Å². The van der Waals surface area contributed by atoms with Gasteiger partial charge in [-0.25, -0.2) is 4.98 Å². The van der Waals surface area contributed by atoms with Gasteiger partial charge in [0.15, 0.2) is 0 Å². The third-order valence-electron chi connectivity index (χ3n) is 11.7. The quantitative estimate of drug-likeness (QED) is 0.123. The van der Waals surface area contributed by atoms with Gasteiger partial charge in [0.2, 0.25) is 11.8 Å². The summed E-state index contributed by atoms with van der Waals surface area (Å²) in [6, 6.07) is 14.0. The van der Waals surface area contributed by atoms with Crippen LogP contribution in [0.3, 0.4) is 0 Å². The van der Waals surface area contributed by atoms with E-state index in [1.54, 1.807) is 12.5 Å². The molecule has 2 heterocycles. The van der Waals surface area contributed by atoms with Crippen molar-refractivity contribution >= 4 is 35.0 Å². The lowest BCUT2D eigenvalue weighted by Gasteiger charge is -2.40. The van der Waals surface area contributed by atoms with Gasteiger partial charge in [-0.3, -0.25) is 24.1 Å². The minimum atomic E-state index is -0.913. The number of ether oxygens (including phenoxy) is 2. The zero-order valence-corrected chi connectivity index (χ0v) is 35.3. The molecule has 12 nitrogen and oxygen atoms in total. The number of benzene rings is 2. The van der Waals surface area contributed by atoms with Crippen LogP contribution < -0.4 is 10.6 Å². The number of aryl methyl sites for hydroxylation is 1. The Hall–Kier alpha value is -4.17. The van der Waals surface area contributed by atoms with Gasteiger partial charge in [0.25, 0.3) is 5.91 Å². The first-order valence-electron chi connectivity index (χ1n) is 20.3. The summed E-state index contributed by atoms with van der Waals surface area (Å²) in [6.45, 7) is 11.3. The summed E-state index contributed by atoms with van der Waals surface area (Å²) >= 11 is 1.30. The van der Waals surface area contributed by atoms with Gasteiger partial charge < -0.3 is 30.1 Å². The zero-order chi connectivity index (χ0) is 41.2. The molecule has 1 saturated heterocycles. The molecule has 0 saturated carbocycles. The summed E-state index contributed by atoms with van der Waals surface area (Å²) < 4.78 is 11.6. The molecular formula is C44H61N5O7S. The SMILES string of the molecule is CCC(C)C(NC(=O)C1CCCCN1C)C(=O)N(Cc1ccccc1)[C@H](C[C@@H](OCOC)c1nc(C(=O)N[C@H]2Cc3ccc(C)cc3[C@H](C(=O)O)C2)cs1)C(C)C. The van der Waals surface area contributed by atoms with Crippen molar-refractivity contribution in [1.29, 1.82) is 0 Å². The summed E-state index contributed by atoms with van der Waals surface area (Å²) in [5, 5.41) is 18.5. The number of nitrogens with zero attached hydrogens (tertiary/aromatic N) is 3. The molecule has 310 valence electrons. The van der Waals surface area contributed by atoms with Crippen molar-refractivity contribution in [2.75, 3.05) is 27.5 Å². The Kier molecular flexibility index (Phi) is 15.8. The summed E-state index contributed by atoms with van der Waals surface area (Å²) in [7, 11) is 3.51. The Labute approximate surface area is 341 Å². The molecule has 1 aliphatic carbocycles. The van der Waals surface area contributed by atoms with Crippen LogP contribution in [0.25, 0.3) is 0 Å². The Balaban J connectivity index is 1.40. The van der Waals surface area contributed by atoms with E-state index in [0.29, 0.717) is 30.8 Å². The van der Waals surface area contributed by atoms with Crippen molar-refractivity contribution in [3.05, 3.63) is 86.9 Å². The Morgan fingerprint density at radius 1 is 1.09 bits per heavy atom. The van der Waals surface area contributed by atoms with Crippen molar-refractivity contribution in [3.8, 4) is 0 Å². The number of likely N-dealkylation sites (N-methyl/N-ethyl adjacent to an activating group) is 1. The van der Waals surface area contributed by atoms with Gasteiger partial charge in [-0.2, -0.15) is 0 Å². The monoisotopic (exact) mass is 803 g/mol. The molecule has 0 radical (unpaired) electrons. The number of thiazole rings is 1. The zero-order valence-electron chi connectivity index (χ0n) is 34.5. The van der Waals surface area contributed by atoms with Crippen LogP contribution >= 0.6 is 11.3 Å².